The predicted molar refractivity (Wildman–Crippen MR) is 55.5 cm³/mol. The van der Waals surface area contributed by atoms with E-state index in [-0.39, 0.29) is 6.04 Å². The number of likely N-dealkylation sites (tertiary alicyclic amines) is 1. The summed E-state index contributed by atoms with van der Waals surface area (Å²) in [4.78, 5) is 17.6. The average molecular weight is 208 g/mol. The van der Waals surface area contributed by atoms with E-state index in [1.807, 2.05) is 6.92 Å². The Morgan fingerprint density at radius 1 is 1.47 bits per heavy atom. The van der Waals surface area contributed by atoms with Gasteiger partial charge in [0.15, 0.2) is 0 Å². The van der Waals surface area contributed by atoms with Crippen LogP contribution < -0.4 is 0 Å². The molecular formula is C11H16N2O2. The molecule has 1 aromatic rings. The lowest BCUT2D eigenvalue weighted by molar-refractivity contribution is -0.122. The van der Waals surface area contributed by atoms with Gasteiger partial charge >= 0.3 is 0 Å². The number of oxazole rings is 1. The van der Waals surface area contributed by atoms with Crippen molar-refractivity contribution in [1.82, 2.24) is 9.88 Å². The molecule has 1 aliphatic rings. The summed E-state index contributed by atoms with van der Waals surface area (Å²) in [6.07, 6.45) is 3.05. The van der Waals surface area contributed by atoms with E-state index in [4.69, 9.17) is 4.42 Å². The first-order valence-corrected chi connectivity index (χ1v) is 5.35. The van der Waals surface area contributed by atoms with E-state index in [0.717, 1.165) is 24.7 Å². The Morgan fingerprint density at radius 3 is 2.67 bits per heavy atom. The number of rotatable bonds is 2. The third kappa shape index (κ3) is 2.26. The van der Waals surface area contributed by atoms with E-state index < -0.39 is 0 Å². The fourth-order valence-electron chi connectivity index (χ4n) is 1.88. The number of Topliss-reactive ketones (excluding diaryl/α,β-unsaturated/α-hetero) is 1. The lowest BCUT2D eigenvalue weighted by Crippen LogP contribution is -2.35. The summed E-state index contributed by atoms with van der Waals surface area (Å²) >= 11 is 0. The summed E-state index contributed by atoms with van der Waals surface area (Å²) in [5.74, 6) is 1.95. The Labute approximate surface area is 89.3 Å². The van der Waals surface area contributed by atoms with Crippen molar-refractivity contribution in [1.29, 1.82) is 0 Å². The monoisotopic (exact) mass is 208 g/mol. The Morgan fingerprint density at radius 2 is 2.13 bits per heavy atom. The second-order valence-electron chi connectivity index (χ2n) is 4.06. The molecule has 1 fully saturated rings. The Hall–Kier alpha value is -1.16. The van der Waals surface area contributed by atoms with Gasteiger partial charge in [-0.3, -0.25) is 9.69 Å². The molecule has 0 N–H and O–H groups in total. The standard InChI is InChI=1S/C11H16N2O2/c1-8-7-12-11(15-8)9(2)13-5-3-10(14)4-6-13/h7,9H,3-6H2,1-2H3. The van der Waals surface area contributed by atoms with Crippen LogP contribution in [0, 0.1) is 6.92 Å². The molecule has 1 aliphatic heterocycles. The van der Waals surface area contributed by atoms with E-state index in [0.29, 0.717) is 18.6 Å². The average Bonchev–Trinajstić information content (AvgIpc) is 2.65. The van der Waals surface area contributed by atoms with Crippen LogP contribution in [0.5, 0.6) is 0 Å². The van der Waals surface area contributed by atoms with E-state index in [1.54, 1.807) is 6.20 Å². The largest absolute Gasteiger partial charge is 0.444 e. The molecule has 0 aromatic carbocycles. The molecule has 15 heavy (non-hydrogen) atoms. The van der Waals surface area contributed by atoms with Gasteiger partial charge in [-0.2, -0.15) is 0 Å². The highest BCUT2D eigenvalue weighted by Crippen LogP contribution is 2.22. The van der Waals surface area contributed by atoms with Crippen LogP contribution in [0.15, 0.2) is 10.6 Å². The molecule has 82 valence electrons. The van der Waals surface area contributed by atoms with Crippen LogP contribution in [0.1, 0.15) is 37.5 Å². The van der Waals surface area contributed by atoms with E-state index in [2.05, 4.69) is 16.8 Å². The first-order valence-electron chi connectivity index (χ1n) is 5.35. The van der Waals surface area contributed by atoms with Crippen molar-refractivity contribution in [2.75, 3.05) is 13.1 Å². The van der Waals surface area contributed by atoms with Crippen LogP contribution in [0.25, 0.3) is 0 Å². The number of ketones is 1. The highest BCUT2D eigenvalue weighted by Gasteiger charge is 2.24. The number of aryl methyl sites for hydroxylation is 1. The summed E-state index contributed by atoms with van der Waals surface area (Å²) in [5.41, 5.74) is 0. The van der Waals surface area contributed by atoms with Crippen molar-refractivity contribution in [2.45, 2.75) is 32.7 Å². The summed E-state index contributed by atoms with van der Waals surface area (Å²) in [6.45, 7) is 5.60. The zero-order chi connectivity index (χ0) is 10.8. The lowest BCUT2D eigenvalue weighted by atomic mass is 10.1. The minimum absolute atomic E-state index is 0.173. The van der Waals surface area contributed by atoms with Gasteiger partial charge in [-0.25, -0.2) is 4.98 Å². The molecule has 1 atom stereocenters. The molecule has 4 heteroatoms. The van der Waals surface area contributed by atoms with Crippen LogP contribution in [0.4, 0.5) is 0 Å². The van der Waals surface area contributed by atoms with Crippen LogP contribution in [-0.4, -0.2) is 28.8 Å². The Kier molecular flexibility index (Phi) is 2.86. The van der Waals surface area contributed by atoms with Gasteiger partial charge in [-0.15, -0.1) is 0 Å². The molecule has 0 aliphatic carbocycles. The molecule has 1 saturated heterocycles. The first kappa shape index (κ1) is 10.4. The number of nitrogens with zero attached hydrogens (tertiary/aromatic N) is 2. The zero-order valence-electron chi connectivity index (χ0n) is 9.19. The zero-order valence-corrected chi connectivity index (χ0v) is 9.19. The lowest BCUT2D eigenvalue weighted by Gasteiger charge is -2.29. The molecule has 2 heterocycles. The summed E-state index contributed by atoms with van der Waals surface area (Å²) < 4.78 is 5.49. The number of carbonyl (C=O) groups is 1. The van der Waals surface area contributed by atoms with E-state index >= 15 is 0 Å². The second-order valence-corrected chi connectivity index (χ2v) is 4.06. The predicted octanol–water partition coefficient (Wildman–Crippen LogP) is 1.71. The number of hydrogen-bond acceptors (Lipinski definition) is 4. The van der Waals surface area contributed by atoms with Crippen LogP contribution >= 0.6 is 0 Å². The Balaban J connectivity index is 2.02. The van der Waals surface area contributed by atoms with Gasteiger partial charge in [0.1, 0.15) is 11.5 Å². The summed E-state index contributed by atoms with van der Waals surface area (Å²) in [5, 5.41) is 0. The van der Waals surface area contributed by atoms with Gasteiger partial charge in [-0.05, 0) is 13.8 Å². The minimum Gasteiger partial charge on any atom is -0.444 e. The molecule has 1 unspecified atom stereocenters. The minimum atomic E-state index is 0.173. The van der Waals surface area contributed by atoms with Crippen molar-refractivity contribution in [3.63, 3.8) is 0 Å². The smallest absolute Gasteiger partial charge is 0.211 e. The molecule has 1 aromatic heterocycles. The molecule has 0 saturated carbocycles. The maximum atomic E-state index is 11.1. The maximum absolute atomic E-state index is 11.1. The second kappa shape index (κ2) is 4.14. The molecule has 2 rings (SSSR count). The number of hydrogen-bond donors (Lipinski definition) is 0. The quantitative estimate of drug-likeness (QED) is 0.742. The van der Waals surface area contributed by atoms with Crippen molar-refractivity contribution in [3.8, 4) is 0 Å². The normalized spacial score (nSPS) is 20.5. The van der Waals surface area contributed by atoms with Crippen LogP contribution in [-0.2, 0) is 4.79 Å². The van der Waals surface area contributed by atoms with Gasteiger partial charge in [0, 0.05) is 25.9 Å². The highest BCUT2D eigenvalue weighted by molar-refractivity contribution is 5.79. The van der Waals surface area contributed by atoms with Gasteiger partial charge < -0.3 is 4.42 Å². The van der Waals surface area contributed by atoms with E-state index in [9.17, 15) is 4.79 Å². The van der Waals surface area contributed by atoms with Crippen molar-refractivity contribution in [2.24, 2.45) is 0 Å². The maximum Gasteiger partial charge on any atom is 0.211 e. The summed E-state index contributed by atoms with van der Waals surface area (Å²) in [6, 6.07) is 0.173. The fraction of sp³-hybridized carbons (Fsp3) is 0.636. The van der Waals surface area contributed by atoms with Crippen molar-refractivity contribution in [3.05, 3.63) is 17.8 Å². The van der Waals surface area contributed by atoms with Crippen molar-refractivity contribution < 1.29 is 9.21 Å². The van der Waals surface area contributed by atoms with Crippen LogP contribution in [0.2, 0.25) is 0 Å². The summed E-state index contributed by atoms with van der Waals surface area (Å²) in [7, 11) is 0. The third-order valence-electron chi connectivity index (χ3n) is 2.90. The number of carbonyl (C=O) groups excluding carboxylic acids is 1. The third-order valence-corrected chi connectivity index (χ3v) is 2.90. The topological polar surface area (TPSA) is 46.3 Å². The van der Waals surface area contributed by atoms with Crippen molar-refractivity contribution >= 4 is 5.78 Å². The number of aromatic nitrogens is 1. The molecular weight excluding hydrogens is 192 g/mol. The molecule has 0 radical (unpaired) electrons. The number of piperidine rings is 1. The fourth-order valence-corrected chi connectivity index (χ4v) is 1.88. The van der Waals surface area contributed by atoms with Gasteiger partial charge in [-0.1, -0.05) is 0 Å². The van der Waals surface area contributed by atoms with Gasteiger partial charge in [0.25, 0.3) is 0 Å². The van der Waals surface area contributed by atoms with Gasteiger partial charge in [0.05, 0.1) is 12.2 Å². The molecule has 0 spiro atoms. The first-order chi connectivity index (χ1) is 7.16. The molecule has 0 bridgehead atoms. The molecule has 4 nitrogen and oxygen atoms in total. The van der Waals surface area contributed by atoms with Gasteiger partial charge in [0.2, 0.25) is 5.89 Å². The highest BCUT2D eigenvalue weighted by atomic mass is 16.4. The Bertz CT molecular complexity index is 349. The SMILES string of the molecule is Cc1cnc(C(C)N2CCC(=O)CC2)o1. The van der Waals surface area contributed by atoms with Crippen LogP contribution in [0.3, 0.4) is 0 Å². The molecule has 0 amide bonds. The van der Waals surface area contributed by atoms with E-state index in [1.165, 1.54) is 0 Å².